The summed E-state index contributed by atoms with van der Waals surface area (Å²) in [5.74, 6) is 0.659. The molecule has 1 atom stereocenters. The summed E-state index contributed by atoms with van der Waals surface area (Å²) in [4.78, 5) is 18.6. The Kier molecular flexibility index (Phi) is 7.07. The predicted octanol–water partition coefficient (Wildman–Crippen LogP) is 2.86. The van der Waals surface area contributed by atoms with Gasteiger partial charge in [0.05, 0.1) is 24.5 Å². The third-order valence-electron chi connectivity index (χ3n) is 5.96. The molecule has 0 fully saturated rings. The Bertz CT molecular complexity index is 1130. The van der Waals surface area contributed by atoms with Gasteiger partial charge in [0.2, 0.25) is 5.91 Å². The number of amides is 1. The molecule has 2 aromatic carbocycles. The monoisotopic (exact) mass is 444 g/mol. The maximum atomic E-state index is 12.2. The molecule has 1 amide bonds. The molecular weight excluding hydrogens is 412 g/mol. The molecule has 0 radical (unpaired) electrons. The van der Waals surface area contributed by atoms with E-state index in [1.54, 1.807) is 19.0 Å². The third-order valence-corrected chi connectivity index (χ3v) is 5.96. The van der Waals surface area contributed by atoms with Crippen molar-refractivity contribution in [3.8, 4) is 5.69 Å². The summed E-state index contributed by atoms with van der Waals surface area (Å²) in [6, 6.07) is 19.0. The molecule has 7 heteroatoms. The Morgan fingerprint density at radius 3 is 2.64 bits per heavy atom. The zero-order valence-corrected chi connectivity index (χ0v) is 19.6. The Hall–Kier alpha value is -3.61. The van der Waals surface area contributed by atoms with E-state index in [2.05, 4.69) is 46.1 Å². The van der Waals surface area contributed by atoms with Crippen molar-refractivity contribution >= 4 is 11.9 Å². The zero-order valence-electron chi connectivity index (χ0n) is 19.6. The predicted molar refractivity (Wildman–Crippen MR) is 132 cm³/mol. The smallest absolute Gasteiger partial charge is 0.241 e. The lowest BCUT2D eigenvalue weighted by molar-refractivity contribution is -0.127. The van der Waals surface area contributed by atoms with Gasteiger partial charge >= 0.3 is 0 Å². The lowest BCUT2D eigenvalue weighted by Gasteiger charge is -2.27. The van der Waals surface area contributed by atoms with Gasteiger partial charge in [0.1, 0.15) is 0 Å². The summed E-state index contributed by atoms with van der Waals surface area (Å²) in [5, 5.41) is 11.4. The zero-order chi connectivity index (χ0) is 23.2. The van der Waals surface area contributed by atoms with Gasteiger partial charge in [-0.2, -0.15) is 5.10 Å². The maximum absolute atomic E-state index is 12.2. The van der Waals surface area contributed by atoms with E-state index in [0.717, 1.165) is 36.2 Å². The summed E-state index contributed by atoms with van der Waals surface area (Å²) in [6.45, 7) is 2.65. The first-order valence-electron chi connectivity index (χ1n) is 11.4. The molecule has 1 aliphatic carbocycles. The third kappa shape index (κ3) is 5.80. The second-order valence-corrected chi connectivity index (χ2v) is 8.69. The summed E-state index contributed by atoms with van der Waals surface area (Å²) in [7, 11) is 3.52. The van der Waals surface area contributed by atoms with Gasteiger partial charge in [0.25, 0.3) is 0 Å². The van der Waals surface area contributed by atoms with Gasteiger partial charge in [-0.1, -0.05) is 42.5 Å². The topological polar surface area (TPSA) is 74.6 Å². The van der Waals surface area contributed by atoms with E-state index in [4.69, 9.17) is 4.99 Å². The van der Waals surface area contributed by atoms with Crippen LogP contribution in [-0.2, 0) is 24.2 Å². The normalized spacial score (nSPS) is 15.6. The van der Waals surface area contributed by atoms with Crippen LogP contribution in [0.25, 0.3) is 5.69 Å². The molecule has 0 bridgehead atoms. The Morgan fingerprint density at radius 2 is 1.88 bits per heavy atom. The summed E-state index contributed by atoms with van der Waals surface area (Å²) in [5.41, 5.74) is 5.84. The van der Waals surface area contributed by atoms with Crippen molar-refractivity contribution in [1.29, 1.82) is 0 Å². The van der Waals surface area contributed by atoms with E-state index >= 15 is 0 Å². The molecule has 0 aliphatic heterocycles. The minimum atomic E-state index is 0.00547. The highest BCUT2D eigenvalue weighted by Gasteiger charge is 2.19. The van der Waals surface area contributed by atoms with Gasteiger partial charge in [-0.15, -0.1) is 0 Å². The maximum Gasteiger partial charge on any atom is 0.241 e. The number of aliphatic imine (C=N–C) groups is 1. The summed E-state index contributed by atoms with van der Waals surface area (Å²) in [6.07, 6.45) is 4.98. The number of nitrogens with one attached hydrogen (secondary N) is 2. The molecule has 33 heavy (non-hydrogen) atoms. The number of aromatic nitrogens is 2. The minimum Gasteiger partial charge on any atom is -0.353 e. The lowest BCUT2D eigenvalue weighted by Crippen LogP contribution is -2.48. The number of nitrogens with zero attached hydrogens (tertiary/aromatic N) is 4. The van der Waals surface area contributed by atoms with E-state index in [1.807, 2.05) is 42.1 Å². The number of para-hydroxylation sites is 1. The highest BCUT2D eigenvalue weighted by Crippen LogP contribution is 2.21. The van der Waals surface area contributed by atoms with Crippen LogP contribution in [0, 0.1) is 6.92 Å². The average molecular weight is 445 g/mol. The number of carbonyl (C=O) groups excluding carboxylic acids is 1. The van der Waals surface area contributed by atoms with Crippen LogP contribution >= 0.6 is 0 Å². The van der Waals surface area contributed by atoms with Crippen molar-refractivity contribution in [2.75, 3.05) is 20.6 Å². The molecule has 7 nitrogen and oxygen atoms in total. The average Bonchev–Trinajstić information content (AvgIpc) is 3.26. The molecule has 0 saturated heterocycles. The molecule has 3 aromatic rings. The molecular formula is C26H32N6O. The molecule has 172 valence electrons. The van der Waals surface area contributed by atoms with Crippen LogP contribution in [0.3, 0.4) is 0 Å². The number of aryl methyl sites for hydroxylation is 2. The first-order valence-corrected chi connectivity index (χ1v) is 11.4. The number of guanidine groups is 1. The lowest BCUT2D eigenvalue weighted by atomic mass is 9.88. The van der Waals surface area contributed by atoms with Crippen LogP contribution < -0.4 is 10.6 Å². The van der Waals surface area contributed by atoms with Crippen LogP contribution in [0.15, 0.2) is 65.8 Å². The molecule has 2 N–H and O–H groups in total. The quantitative estimate of drug-likeness (QED) is 0.453. The Morgan fingerprint density at radius 1 is 1.12 bits per heavy atom. The largest absolute Gasteiger partial charge is 0.353 e. The molecule has 0 spiro atoms. The Labute approximate surface area is 195 Å². The van der Waals surface area contributed by atoms with Gasteiger partial charge in [-0.3, -0.25) is 4.79 Å². The fourth-order valence-corrected chi connectivity index (χ4v) is 4.07. The van der Waals surface area contributed by atoms with Crippen molar-refractivity contribution in [3.05, 3.63) is 83.2 Å². The fraction of sp³-hybridized carbons (Fsp3) is 0.346. The highest BCUT2D eigenvalue weighted by molar-refractivity contribution is 5.86. The number of likely N-dealkylation sites (N-methyl/N-ethyl adjacent to an activating group) is 1. The SMILES string of the molecule is Cc1ccn(-c2ccccc2CN=C(NCC(=O)N(C)C)NC2CCc3ccccc3C2)n1. The first kappa shape index (κ1) is 22.6. The molecule has 1 unspecified atom stereocenters. The van der Waals surface area contributed by atoms with Crippen LogP contribution in [0.4, 0.5) is 0 Å². The number of rotatable bonds is 6. The second-order valence-electron chi connectivity index (χ2n) is 8.69. The van der Waals surface area contributed by atoms with Gasteiger partial charge in [0.15, 0.2) is 5.96 Å². The standard InChI is InChI=1S/C26H32N6O/c1-19-14-15-32(30-19)24-11-7-6-10-22(24)17-27-26(28-18-25(33)31(2)3)29-23-13-12-20-8-4-5-9-21(20)16-23/h4-11,14-15,23H,12-13,16-18H2,1-3H3,(H2,27,28,29). The molecule has 4 rings (SSSR count). The van der Waals surface area contributed by atoms with Gasteiger partial charge in [0, 0.05) is 26.3 Å². The number of benzene rings is 2. The van der Waals surface area contributed by atoms with Gasteiger partial charge < -0.3 is 15.5 Å². The van der Waals surface area contributed by atoms with E-state index in [0.29, 0.717) is 12.5 Å². The number of carbonyl (C=O) groups is 1. The minimum absolute atomic E-state index is 0.00547. The van der Waals surface area contributed by atoms with Crippen molar-refractivity contribution < 1.29 is 4.79 Å². The van der Waals surface area contributed by atoms with Crippen molar-refractivity contribution in [1.82, 2.24) is 25.3 Å². The van der Waals surface area contributed by atoms with E-state index in [1.165, 1.54) is 11.1 Å². The van der Waals surface area contributed by atoms with Crippen LogP contribution in [0.1, 0.15) is 28.8 Å². The molecule has 1 heterocycles. The van der Waals surface area contributed by atoms with Gasteiger partial charge in [-0.05, 0) is 55.0 Å². The second kappa shape index (κ2) is 10.3. The molecule has 1 aromatic heterocycles. The van der Waals surface area contributed by atoms with E-state index < -0.39 is 0 Å². The van der Waals surface area contributed by atoms with Crippen LogP contribution in [0.5, 0.6) is 0 Å². The van der Waals surface area contributed by atoms with Crippen molar-refractivity contribution in [2.24, 2.45) is 4.99 Å². The number of hydrogen-bond donors (Lipinski definition) is 2. The fourth-order valence-electron chi connectivity index (χ4n) is 4.07. The molecule has 1 aliphatic rings. The van der Waals surface area contributed by atoms with E-state index in [9.17, 15) is 4.79 Å². The van der Waals surface area contributed by atoms with E-state index in [-0.39, 0.29) is 18.5 Å². The molecule has 0 saturated carbocycles. The number of fused-ring (bicyclic) bond motifs is 1. The summed E-state index contributed by atoms with van der Waals surface area (Å²) >= 11 is 0. The highest BCUT2D eigenvalue weighted by atomic mass is 16.2. The Balaban J connectivity index is 1.52. The first-order chi connectivity index (χ1) is 16.0. The van der Waals surface area contributed by atoms with Crippen LogP contribution in [0.2, 0.25) is 0 Å². The van der Waals surface area contributed by atoms with Crippen molar-refractivity contribution in [3.63, 3.8) is 0 Å². The van der Waals surface area contributed by atoms with Gasteiger partial charge in [-0.25, -0.2) is 9.67 Å². The van der Waals surface area contributed by atoms with Crippen molar-refractivity contribution in [2.45, 2.75) is 38.8 Å². The number of hydrogen-bond acceptors (Lipinski definition) is 3. The summed E-state index contributed by atoms with van der Waals surface area (Å²) < 4.78 is 1.88. The van der Waals surface area contributed by atoms with Crippen LogP contribution in [-0.4, -0.2) is 53.2 Å².